The highest BCUT2D eigenvalue weighted by Crippen LogP contribution is 2.22. The zero-order valence-corrected chi connectivity index (χ0v) is 16.3. The van der Waals surface area contributed by atoms with Crippen molar-refractivity contribution in [2.75, 3.05) is 6.61 Å². The van der Waals surface area contributed by atoms with Gasteiger partial charge in [-0.25, -0.2) is 4.79 Å². The number of hydrogen-bond donors (Lipinski definition) is 0. The van der Waals surface area contributed by atoms with Gasteiger partial charge in [0.1, 0.15) is 5.76 Å². The quantitative estimate of drug-likeness (QED) is 0.423. The highest BCUT2D eigenvalue weighted by Gasteiger charge is 2.19. The van der Waals surface area contributed by atoms with Gasteiger partial charge in [-0.1, -0.05) is 23.2 Å². The highest BCUT2D eigenvalue weighted by molar-refractivity contribution is 6.35. The molecule has 5 nitrogen and oxygen atoms in total. The van der Waals surface area contributed by atoms with E-state index < -0.39 is 5.97 Å². The molecule has 7 heteroatoms. The van der Waals surface area contributed by atoms with Crippen LogP contribution in [-0.4, -0.2) is 22.9 Å². The van der Waals surface area contributed by atoms with Gasteiger partial charge < -0.3 is 13.7 Å². The summed E-state index contributed by atoms with van der Waals surface area (Å²) in [5.41, 5.74) is 2.33. The van der Waals surface area contributed by atoms with Crippen LogP contribution in [0.3, 0.4) is 0 Å². The molecule has 0 amide bonds. The van der Waals surface area contributed by atoms with Gasteiger partial charge in [-0.15, -0.1) is 0 Å². The third-order valence-electron chi connectivity index (χ3n) is 4.25. The van der Waals surface area contributed by atoms with Crippen molar-refractivity contribution >= 4 is 35.0 Å². The average Bonchev–Trinajstić information content (AvgIpc) is 3.25. The summed E-state index contributed by atoms with van der Waals surface area (Å²) >= 11 is 11.9. The number of hydrogen-bond acceptors (Lipinski definition) is 4. The first kappa shape index (κ1) is 19.3. The third kappa shape index (κ3) is 4.26. The number of nitrogens with zero attached hydrogens (tertiary/aromatic N) is 1. The van der Waals surface area contributed by atoms with Gasteiger partial charge in [0.25, 0.3) is 0 Å². The maximum Gasteiger partial charge on any atom is 0.340 e. The van der Waals surface area contributed by atoms with Crippen LogP contribution in [0.5, 0.6) is 0 Å². The van der Waals surface area contributed by atoms with E-state index in [0.717, 1.165) is 17.1 Å². The second kappa shape index (κ2) is 8.03. The molecule has 3 aromatic rings. The number of Topliss-reactive ketones (excluding diaryl/α,β-unsaturated/α-hetero) is 1. The minimum absolute atomic E-state index is 0.125. The Hall–Kier alpha value is -2.50. The van der Waals surface area contributed by atoms with Crippen LogP contribution in [0.1, 0.15) is 37.9 Å². The number of halogens is 2. The summed E-state index contributed by atoms with van der Waals surface area (Å²) in [5.74, 6) is -0.196. The summed E-state index contributed by atoms with van der Waals surface area (Å²) in [7, 11) is 0. The number of ether oxygens (including phenoxy) is 1. The van der Waals surface area contributed by atoms with E-state index in [4.69, 9.17) is 32.4 Å². The second-order valence-electron chi connectivity index (χ2n) is 6.07. The highest BCUT2D eigenvalue weighted by atomic mass is 35.5. The molecule has 0 aliphatic rings. The van der Waals surface area contributed by atoms with Crippen molar-refractivity contribution in [3.05, 3.63) is 81.0 Å². The Morgan fingerprint density at radius 1 is 1.11 bits per heavy atom. The Balaban J connectivity index is 1.71. The fourth-order valence-electron chi connectivity index (χ4n) is 2.83. The molecule has 1 aromatic carbocycles. The van der Waals surface area contributed by atoms with Gasteiger partial charge in [0, 0.05) is 22.0 Å². The largest absolute Gasteiger partial charge is 0.467 e. The van der Waals surface area contributed by atoms with Crippen LogP contribution >= 0.6 is 23.2 Å². The number of carbonyl (C=O) groups is 2. The normalized spacial score (nSPS) is 10.8. The van der Waals surface area contributed by atoms with E-state index in [1.807, 2.05) is 30.5 Å². The summed E-state index contributed by atoms with van der Waals surface area (Å²) < 4.78 is 12.5. The van der Waals surface area contributed by atoms with Crippen LogP contribution in [0.25, 0.3) is 0 Å². The van der Waals surface area contributed by atoms with Crippen molar-refractivity contribution in [3.8, 4) is 0 Å². The van der Waals surface area contributed by atoms with Gasteiger partial charge in [-0.3, -0.25) is 4.79 Å². The zero-order chi connectivity index (χ0) is 19.6. The van der Waals surface area contributed by atoms with Crippen molar-refractivity contribution in [2.45, 2.75) is 20.4 Å². The fraction of sp³-hybridized carbons (Fsp3) is 0.200. The average molecular weight is 406 g/mol. The van der Waals surface area contributed by atoms with Crippen LogP contribution in [-0.2, 0) is 11.3 Å². The molecule has 0 saturated carbocycles. The molecule has 2 heterocycles. The predicted molar refractivity (Wildman–Crippen MR) is 103 cm³/mol. The first-order chi connectivity index (χ1) is 12.9. The standard InChI is InChI=1S/C20H17Cl2NO4/c1-12-8-16(13(2)23(12)10-15-4-3-7-26-15)19(24)11-27-20(25)17-9-14(21)5-6-18(17)22/h3-9H,10-11H2,1-2H3. The SMILES string of the molecule is Cc1cc(C(=O)COC(=O)c2cc(Cl)ccc2Cl)c(C)n1Cc1ccco1. The van der Waals surface area contributed by atoms with Crippen LogP contribution in [0, 0.1) is 13.8 Å². The van der Waals surface area contributed by atoms with Gasteiger partial charge in [-0.05, 0) is 50.2 Å². The molecular weight excluding hydrogens is 389 g/mol. The molecule has 0 aliphatic heterocycles. The molecular formula is C20H17Cl2NO4. The van der Waals surface area contributed by atoms with E-state index >= 15 is 0 Å². The molecule has 0 spiro atoms. The molecule has 27 heavy (non-hydrogen) atoms. The van der Waals surface area contributed by atoms with Gasteiger partial charge in [0.05, 0.1) is 23.4 Å². The molecule has 0 N–H and O–H groups in total. The summed E-state index contributed by atoms with van der Waals surface area (Å²) in [6, 6.07) is 9.95. The summed E-state index contributed by atoms with van der Waals surface area (Å²) in [4.78, 5) is 24.7. The van der Waals surface area contributed by atoms with E-state index in [-0.39, 0.29) is 23.0 Å². The maximum absolute atomic E-state index is 12.5. The van der Waals surface area contributed by atoms with E-state index in [2.05, 4.69) is 0 Å². The lowest BCUT2D eigenvalue weighted by Gasteiger charge is -2.08. The van der Waals surface area contributed by atoms with E-state index in [0.29, 0.717) is 17.1 Å². The van der Waals surface area contributed by atoms with Crippen LogP contribution in [0.4, 0.5) is 0 Å². The monoisotopic (exact) mass is 405 g/mol. The van der Waals surface area contributed by atoms with Gasteiger partial charge >= 0.3 is 5.97 Å². The summed E-state index contributed by atoms with van der Waals surface area (Å²) in [5, 5.41) is 0.577. The maximum atomic E-state index is 12.5. The van der Waals surface area contributed by atoms with Gasteiger partial charge in [-0.2, -0.15) is 0 Å². The number of carbonyl (C=O) groups excluding carboxylic acids is 2. The van der Waals surface area contributed by atoms with E-state index in [1.54, 1.807) is 18.4 Å². The zero-order valence-electron chi connectivity index (χ0n) is 14.8. The van der Waals surface area contributed by atoms with Crippen LogP contribution < -0.4 is 0 Å². The molecule has 0 saturated heterocycles. The van der Waals surface area contributed by atoms with Crippen LogP contribution in [0.2, 0.25) is 10.0 Å². The van der Waals surface area contributed by atoms with Crippen molar-refractivity contribution in [1.82, 2.24) is 4.57 Å². The van der Waals surface area contributed by atoms with E-state index in [1.165, 1.54) is 12.1 Å². The molecule has 0 unspecified atom stereocenters. The topological polar surface area (TPSA) is 61.4 Å². The number of furan rings is 1. The number of esters is 1. The molecule has 3 rings (SSSR count). The third-order valence-corrected chi connectivity index (χ3v) is 4.82. The van der Waals surface area contributed by atoms with Crippen LogP contribution in [0.15, 0.2) is 47.1 Å². The van der Waals surface area contributed by atoms with Crippen molar-refractivity contribution in [2.24, 2.45) is 0 Å². The number of aromatic nitrogens is 1. The molecule has 0 radical (unpaired) electrons. The molecule has 0 fully saturated rings. The molecule has 0 bridgehead atoms. The lowest BCUT2D eigenvalue weighted by atomic mass is 10.1. The summed E-state index contributed by atoms with van der Waals surface area (Å²) in [6.07, 6.45) is 1.61. The Morgan fingerprint density at radius 2 is 1.89 bits per heavy atom. The van der Waals surface area contributed by atoms with Gasteiger partial charge in [0.15, 0.2) is 6.61 Å². The number of rotatable bonds is 6. The van der Waals surface area contributed by atoms with E-state index in [9.17, 15) is 9.59 Å². The van der Waals surface area contributed by atoms with Crippen molar-refractivity contribution < 1.29 is 18.7 Å². The van der Waals surface area contributed by atoms with Crippen molar-refractivity contribution in [3.63, 3.8) is 0 Å². The first-order valence-electron chi connectivity index (χ1n) is 8.21. The molecule has 0 atom stereocenters. The lowest BCUT2D eigenvalue weighted by Crippen LogP contribution is -2.15. The Kier molecular flexibility index (Phi) is 5.73. The minimum atomic E-state index is -0.694. The smallest absolute Gasteiger partial charge is 0.340 e. The summed E-state index contributed by atoms with van der Waals surface area (Å²) in [6.45, 7) is 3.89. The molecule has 2 aromatic heterocycles. The number of ketones is 1. The number of aryl methyl sites for hydroxylation is 1. The second-order valence-corrected chi connectivity index (χ2v) is 6.92. The fourth-order valence-corrected chi connectivity index (χ4v) is 3.19. The van der Waals surface area contributed by atoms with Gasteiger partial charge in [0.2, 0.25) is 5.78 Å². The first-order valence-corrected chi connectivity index (χ1v) is 8.97. The molecule has 0 aliphatic carbocycles. The minimum Gasteiger partial charge on any atom is -0.467 e. The van der Waals surface area contributed by atoms with Crippen molar-refractivity contribution in [1.29, 1.82) is 0 Å². The Bertz CT molecular complexity index is 990. The Labute approximate surface area is 166 Å². The number of benzene rings is 1. The molecule has 140 valence electrons. The lowest BCUT2D eigenvalue weighted by molar-refractivity contribution is 0.0474. The predicted octanol–water partition coefficient (Wildman–Crippen LogP) is 5.09. The Morgan fingerprint density at radius 3 is 2.59 bits per heavy atom.